The molecule has 0 saturated carbocycles. The van der Waals surface area contributed by atoms with Crippen LogP contribution >= 0.6 is 12.4 Å². The van der Waals surface area contributed by atoms with Gasteiger partial charge in [0.25, 0.3) is 0 Å². The molecule has 1 fully saturated rings. The second-order valence-electron chi connectivity index (χ2n) is 6.67. The fraction of sp³-hybridized carbons (Fsp3) is 0.381. The molecule has 5 nitrogen and oxygen atoms in total. The fourth-order valence-corrected chi connectivity index (χ4v) is 3.53. The van der Waals surface area contributed by atoms with Crippen molar-refractivity contribution in [3.8, 4) is 11.5 Å². The second-order valence-corrected chi connectivity index (χ2v) is 6.67. The number of aryl methyl sites for hydroxylation is 1. The first kappa shape index (κ1) is 21.1. The smallest absolute Gasteiger partial charge is 0.222 e. The maximum atomic E-state index is 12.6. The number of amides is 1. The van der Waals surface area contributed by atoms with Crippen LogP contribution in [0.4, 0.5) is 0 Å². The van der Waals surface area contributed by atoms with Crippen LogP contribution in [0.3, 0.4) is 0 Å². The second kappa shape index (κ2) is 9.62. The van der Waals surface area contributed by atoms with E-state index >= 15 is 0 Å². The van der Waals surface area contributed by atoms with Crippen LogP contribution in [0.1, 0.15) is 23.5 Å². The van der Waals surface area contributed by atoms with E-state index in [2.05, 4.69) is 12.1 Å². The number of carbonyl (C=O) groups is 1. The molecular weight excluding hydrogens is 364 g/mol. The van der Waals surface area contributed by atoms with E-state index in [1.165, 1.54) is 5.56 Å². The van der Waals surface area contributed by atoms with Crippen LogP contribution in [0.15, 0.2) is 48.5 Å². The highest BCUT2D eigenvalue weighted by Gasteiger charge is 2.33. The largest absolute Gasteiger partial charge is 0.493 e. The summed E-state index contributed by atoms with van der Waals surface area (Å²) in [6, 6.07) is 16.0. The van der Waals surface area contributed by atoms with Gasteiger partial charge in [-0.05, 0) is 29.7 Å². The lowest BCUT2D eigenvalue weighted by molar-refractivity contribution is -0.130. The molecule has 0 aliphatic carbocycles. The molecule has 27 heavy (non-hydrogen) atoms. The number of ether oxygens (including phenoxy) is 2. The van der Waals surface area contributed by atoms with Gasteiger partial charge in [0.1, 0.15) is 0 Å². The van der Waals surface area contributed by atoms with Gasteiger partial charge in [-0.2, -0.15) is 0 Å². The van der Waals surface area contributed by atoms with Gasteiger partial charge in [0, 0.05) is 31.5 Å². The van der Waals surface area contributed by atoms with Gasteiger partial charge in [-0.25, -0.2) is 0 Å². The summed E-state index contributed by atoms with van der Waals surface area (Å²) in [5.41, 5.74) is 8.55. The predicted molar refractivity (Wildman–Crippen MR) is 109 cm³/mol. The van der Waals surface area contributed by atoms with Gasteiger partial charge >= 0.3 is 0 Å². The fourth-order valence-electron chi connectivity index (χ4n) is 3.53. The zero-order valence-corrected chi connectivity index (χ0v) is 16.6. The minimum absolute atomic E-state index is 0. The van der Waals surface area contributed by atoms with E-state index < -0.39 is 0 Å². The Balaban J connectivity index is 0.00000261. The average Bonchev–Trinajstić information content (AvgIpc) is 3.08. The maximum Gasteiger partial charge on any atom is 0.222 e. The highest BCUT2D eigenvalue weighted by molar-refractivity contribution is 5.85. The summed E-state index contributed by atoms with van der Waals surface area (Å²) in [4.78, 5) is 14.5. The molecule has 146 valence electrons. The topological polar surface area (TPSA) is 64.8 Å². The van der Waals surface area contributed by atoms with E-state index in [4.69, 9.17) is 15.2 Å². The summed E-state index contributed by atoms with van der Waals surface area (Å²) in [7, 11) is 3.23. The molecule has 0 aromatic heterocycles. The highest BCUT2D eigenvalue weighted by Crippen LogP contribution is 2.29. The van der Waals surface area contributed by atoms with Crippen molar-refractivity contribution >= 4 is 18.3 Å². The van der Waals surface area contributed by atoms with Gasteiger partial charge in [0.15, 0.2) is 11.5 Å². The summed E-state index contributed by atoms with van der Waals surface area (Å²) >= 11 is 0. The average molecular weight is 391 g/mol. The first-order valence-corrected chi connectivity index (χ1v) is 8.91. The first-order valence-electron chi connectivity index (χ1n) is 8.91. The Kier molecular flexibility index (Phi) is 7.51. The first-order chi connectivity index (χ1) is 12.6. The quantitative estimate of drug-likeness (QED) is 0.823. The van der Waals surface area contributed by atoms with Crippen LogP contribution in [0.2, 0.25) is 0 Å². The van der Waals surface area contributed by atoms with Crippen LogP contribution in [-0.4, -0.2) is 44.2 Å². The molecule has 2 aromatic carbocycles. The molecule has 2 aromatic rings. The molecule has 0 radical (unpaired) electrons. The molecule has 2 atom stereocenters. The number of likely N-dealkylation sites (tertiary alicyclic amines) is 1. The lowest BCUT2D eigenvalue weighted by Gasteiger charge is -2.17. The highest BCUT2D eigenvalue weighted by atomic mass is 35.5. The molecule has 0 spiro atoms. The summed E-state index contributed by atoms with van der Waals surface area (Å²) in [6.45, 7) is 1.31. The third-order valence-electron chi connectivity index (χ3n) is 5.02. The van der Waals surface area contributed by atoms with Crippen molar-refractivity contribution in [3.63, 3.8) is 0 Å². The van der Waals surface area contributed by atoms with Gasteiger partial charge in [0.05, 0.1) is 14.2 Å². The van der Waals surface area contributed by atoms with E-state index in [0.717, 1.165) is 5.56 Å². The Morgan fingerprint density at radius 3 is 2.44 bits per heavy atom. The van der Waals surface area contributed by atoms with Crippen molar-refractivity contribution in [1.82, 2.24) is 4.90 Å². The number of hydrogen-bond acceptors (Lipinski definition) is 4. The number of nitrogens with zero attached hydrogens (tertiary/aromatic N) is 1. The molecule has 1 amide bonds. The molecule has 0 unspecified atom stereocenters. The van der Waals surface area contributed by atoms with E-state index in [0.29, 0.717) is 37.4 Å². The molecule has 3 rings (SSSR count). The van der Waals surface area contributed by atoms with Crippen LogP contribution in [0, 0.1) is 0 Å². The Labute approximate surface area is 166 Å². The summed E-state index contributed by atoms with van der Waals surface area (Å²) < 4.78 is 10.6. The van der Waals surface area contributed by atoms with Gasteiger partial charge in [0.2, 0.25) is 5.91 Å². The minimum Gasteiger partial charge on any atom is -0.493 e. The Morgan fingerprint density at radius 1 is 1.07 bits per heavy atom. The van der Waals surface area contributed by atoms with Crippen molar-refractivity contribution in [3.05, 3.63) is 59.7 Å². The number of rotatable bonds is 6. The molecule has 0 bridgehead atoms. The number of carbonyl (C=O) groups excluding carboxylic acids is 1. The predicted octanol–water partition coefficient (Wildman–Crippen LogP) is 3.01. The monoisotopic (exact) mass is 390 g/mol. The van der Waals surface area contributed by atoms with E-state index in [1.807, 2.05) is 41.3 Å². The van der Waals surface area contributed by atoms with Gasteiger partial charge in [-0.15, -0.1) is 12.4 Å². The molecule has 6 heteroatoms. The van der Waals surface area contributed by atoms with Crippen molar-refractivity contribution in [1.29, 1.82) is 0 Å². The van der Waals surface area contributed by atoms with E-state index in [1.54, 1.807) is 14.2 Å². The van der Waals surface area contributed by atoms with Crippen LogP contribution in [0.25, 0.3) is 0 Å². The SMILES string of the molecule is COc1ccc(CCC(=O)N2C[C@@H](N)[C@H](c3ccccc3)C2)cc1OC.Cl. The number of halogens is 1. The maximum absolute atomic E-state index is 12.6. The summed E-state index contributed by atoms with van der Waals surface area (Å²) in [5, 5.41) is 0. The van der Waals surface area contributed by atoms with Crippen LogP contribution in [-0.2, 0) is 11.2 Å². The molecular formula is C21H27ClN2O3. The normalized spacial score (nSPS) is 18.7. The zero-order valence-electron chi connectivity index (χ0n) is 15.8. The standard InChI is InChI=1S/C21H26N2O3.ClH/c1-25-19-10-8-15(12-20(19)26-2)9-11-21(24)23-13-17(18(22)14-23)16-6-4-3-5-7-16;/h3-8,10,12,17-18H,9,11,13-14,22H2,1-2H3;1H/t17-,18+;/m0./s1. The minimum atomic E-state index is -0.0116. The lowest BCUT2D eigenvalue weighted by atomic mass is 9.95. The van der Waals surface area contributed by atoms with E-state index in [9.17, 15) is 4.79 Å². The molecule has 1 aliphatic rings. The van der Waals surface area contributed by atoms with Crippen molar-refractivity contribution in [2.24, 2.45) is 5.73 Å². The van der Waals surface area contributed by atoms with Crippen LogP contribution in [0.5, 0.6) is 11.5 Å². The Bertz CT molecular complexity index is 754. The van der Waals surface area contributed by atoms with Gasteiger partial charge in [-0.3, -0.25) is 4.79 Å². The number of nitrogens with two attached hydrogens (primary N) is 1. The molecule has 1 saturated heterocycles. The van der Waals surface area contributed by atoms with E-state index in [-0.39, 0.29) is 30.3 Å². The number of benzene rings is 2. The van der Waals surface area contributed by atoms with Crippen molar-refractivity contribution in [2.45, 2.75) is 24.8 Å². The Hall–Kier alpha value is -2.24. The Morgan fingerprint density at radius 2 is 1.78 bits per heavy atom. The van der Waals surface area contributed by atoms with Gasteiger partial charge < -0.3 is 20.1 Å². The van der Waals surface area contributed by atoms with Gasteiger partial charge in [-0.1, -0.05) is 36.4 Å². The summed E-state index contributed by atoms with van der Waals surface area (Å²) in [6.07, 6.45) is 1.13. The third kappa shape index (κ3) is 4.93. The molecule has 1 aliphatic heterocycles. The third-order valence-corrected chi connectivity index (χ3v) is 5.02. The molecule has 1 heterocycles. The van der Waals surface area contributed by atoms with Crippen LogP contribution < -0.4 is 15.2 Å². The van der Waals surface area contributed by atoms with Crippen molar-refractivity contribution in [2.75, 3.05) is 27.3 Å². The number of methoxy groups -OCH3 is 2. The van der Waals surface area contributed by atoms with Crippen molar-refractivity contribution < 1.29 is 14.3 Å². The molecule has 2 N–H and O–H groups in total. The summed E-state index contributed by atoms with van der Waals surface area (Å²) in [5.74, 6) is 1.73. The number of hydrogen-bond donors (Lipinski definition) is 1. The zero-order chi connectivity index (χ0) is 18.5. The lowest BCUT2D eigenvalue weighted by Crippen LogP contribution is -2.32.